The molecule has 0 bridgehead atoms. The largest absolute Gasteiger partial charge is 0.497 e. The van der Waals surface area contributed by atoms with Crippen molar-refractivity contribution >= 4 is 11.9 Å². The molecule has 1 aromatic rings. The van der Waals surface area contributed by atoms with Crippen LogP contribution in [0.15, 0.2) is 24.3 Å². The summed E-state index contributed by atoms with van der Waals surface area (Å²) in [4.78, 5) is 25.0. The zero-order chi connectivity index (χ0) is 17.8. The molecule has 0 fully saturated rings. The van der Waals surface area contributed by atoms with Crippen molar-refractivity contribution in [1.29, 1.82) is 0 Å². The number of hydrogen-bond acceptors (Lipinski definition) is 4. The Morgan fingerprint density at radius 1 is 1.04 bits per heavy atom. The van der Waals surface area contributed by atoms with E-state index in [9.17, 15) is 9.59 Å². The fourth-order valence-electron chi connectivity index (χ4n) is 2.04. The molecule has 3 amide bonds. The Morgan fingerprint density at radius 3 is 2.25 bits per heavy atom. The summed E-state index contributed by atoms with van der Waals surface area (Å²) in [5, 5.41) is 5.25. The maximum Gasteiger partial charge on any atom is 0.315 e. The summed E-state index contributed by atoms with van der Waals surface area (Å²) in [6.45, 7) is 6.07. The Hall–Kier alpha value is -2.44. The van der Waals surface area contributed by atoms with E-state index < -0.39 is 0 Å². The van der Waals surface area contributed by atoms with Gasteiger partial charge in [0.1, 0.15) is 11.5 Å². The number of benzene rings is 1. The predicted octanol–water partition coefficient (Wildman–Crippen LogP) is 1.63. The average molecular weight is 337 g/mol. The lowest BCUT2D eigenvalue weighted by Gasteiger charge is -2.18. The third-order valence-electron chi connectivity index (χ3n) is 3.45. The minimum absolute atomic E-state index is 0.00978. The number of urea groups is 1. The second-order valence-corrected chi connectivity index (χ2v) is 5.05. The fraction of sp³-hybridized carbons (Fsp3) is 0.529. The number of rotatable bonds is 10. The molecule has 0 radical (unpaired) electrons. The normalized spacial score (nSPS) is 9.96. The van der Waals surface area contributed by atoms with Gasteiger partial charge in [-0.2, -0.15) is 0 Å². The molecule has 1 aromatic carbocycles. The van der Waals surface area contributed by atoms with Crippen LogP contribution in [0.2, 0.25) is 0 Å². The van der Waals surface area contributed by atoms with Crippen LogP contribution in [-0.2, 0) is 4.79 Å². The Balaban J connectivity index is 2.11. The van der Waals surface area contributed by atoms with Gasteiger partial charge in [0.05, 0.1) is 20.3 Å². The SMILES string of the molecule is CCN(CC)C(=O)CNC(=O)NCCCOc1ccc(OC)cc1. The highest BCUT2D eigenvalue weighted by Crippen LogP contribution is 2.16. The first kappa shape index (κ1) is 19.6. The van der Waals surface area contributed by atoms with E-state index in [1.807, 2.05) is 38.1 Å². The topological polar surface area (TPSA) is 79.9 Å². The summed E-state index contributed by atoms with van der Waals surface area (Å²) in [7, 11) is 1.61. The molecular weight excluding hydrogens is 310 g/mol. The molecule has 0 aliphatic rings. The Bertz CT molecular complexity index is 501. The average Bonchev–Trinajstić information content (AvgIpc) is 2.61. The van der Waals surface area contributed by atoms with Crippen molar-refractivity contribution in [3.05, 3.63) is 24.3 Å². The van der Waals surface area contributed by atoms with Crippen LogP contribution in [0, 0.1) is 0 Å². The first-order valence-electron chi connectivity index (χ1n) is 8.17. The van der Waals surface area contributed by atoms with Crippen molar-refractivity contribution in [1.82, 2.24) is 15.5 Å². The summed E-state index contributed by atoms with van der Waals surface area (Å²) < 4.78 is 10.6. The number of nitrogens with zero attached hydrogens (tertiary/aromatic N) is 1. The summed E-state index contributed by atoms with van der Waals surface area (Å²) in [5.74, 6) is 1.45. The highest BCUT2D eigenvalue weighted by molar-refractivity contribution is 5.83. The third kappa shape index (κ3) is 7.21. The highest BCUT2D eigenvalue weighted by atomic mass is 16.5. The molecular formula is C17H27N3O4. The lowest BCUT2D eigenvalue weighted by molar-refractivity contribution is -0.129. The van der Waals surface area contributed by atoms with Gasteiger partial charge in [-0.15, -0.1) is 0 Å². The number of carbonyl (C=O) groups is 2. The number of amides is 3. The quantitative estimate of drug-likeness (QED) is 0.636. The molecule has 0 aliphatic carbocycles. The van der Waals surface area contributed by atoms with E-state index in [2.05, 4.69) is 10.6 Å². The monoisotopic (exact) mass is 337 g/mol. The van der Waals surface area contributed by atoms with Crippen molar-refractivity contribution in [3.8, 4) is 11.5 Å². The molecule has 1 rings (SSSR count). The van der Waals surface area contributed by atoms with Gasteiger partial charge in [0, 0.05) is 19.6 Å². The molecule has 0 saturated heterocycles. The summed E-state index contributed by atoms with van der Waals surface area (Å²) in [5.41, 5.74) is 0. The molecule has 134 valence electrons. The van der Waals surface area contributed by atoms with Crippen LogP contribution in [0.3, 0.4) is 0 Å². The lowest BCUT2D eigenvalue weighted by atomic mass is 10.3. The van der Waals surface area contributed by atoms with Gasteiger partial charge in [-0.25, -0.2) is 4.79 Å². The Labute approximate surface area is 143 Å². The van der Waals surface area contributed by atoms with Crippen molar-refractivity contribution in [3.63, 3.8) is 0 Å². The van der Waals surface area contributed by atoms with Crippen LogP contribution in [0.1, 0.15) is 20.3 Å². The van der Waals surface area contributed by atoms with Crippen LogP contribution >= 0.6 is 0 Å². The van der Waals surface area contributed by atoms with Gasteiger partial charge in [0.25, 0.3) is 0 Å². The summed E-state index contributed by atoms with van der Waals surface area (Å²) in [6.07, 6.45) is 0.670. The lowest BCUT2D eigenvalue weighted by Crippen LogP contribution is -2.44. The number of likely N-dealkylation sites (N-methyl/N-ethyl adjacent to an activating group) is 1. The smallest absolute Gasteiger partial charge is 0.315 e. The predicted molar refractivity (Wildman–Crippen MR) is 92.4 cm³/mol. The maximum atomic E-state index is 11.7. The van der Waals surface area contributed by atoms with Gasteiger partial charge in [-0.1, -0.05) is 0 Å². The molecule has 0 saturated carbocycles. The number of carbonyl (C=O) groups excluding carboxylic acids is 2. The van der Waals surface area contributed by atoms with E-state index in [1.54, 1.807) is 12.0 Å². The molecule has 7 nitrogen and oxygen atoms in total. The maximum absolute atomic E-state index is 11.7. The van der Waals surface area contributed by atoms with Crippen molar-refractivity contribution < 1.29 is 19.1 Å². The van der Waals surface area contributed by atoms with Crippen LogP contribution < -0.4 is 20.1 Å². The van der Waals surface area contributed by atoms with Gasteiger partial charge >= 0.3 is 6.03 Å². The van der Waals surface area contributed by atoms with Gasteiger partial charge in [0.2, 0.25) is 5.91 Å². The molecule has 0 heterocycles. The minimum atomic E-state index is -0.347. The van der Waals surface area contributed by atoms with Crippen LogP contribution in [0.25, 0.3) is 0 Å². The van der Waals surface area contributed by atoms with Crippen molar-refractivity contribution in [2.45, 2.75) is 20.3 Å². The van der Waals surface area contributed by atoms with E-state index in [0.717, 1.165) is 11.5 Å². The van der Waals surface area contributed by atoms with Crippen LogP contribution in [0.4, 0.5) is 4.79 Å². The van der Waals surface area contributed by atoms with Gasteiger partial charge in [-0.05, 0) is 44.5 Å². The first-order chi connectivity index (χ1) is 11.6. The molecule has 0 unspecified atom stereocenters. The molecule has 2 N–H and O–H groups in total. The molecule has 0 aromatic heterocycles. The number of hydrogen-bond donors (Lipinski definition) is 2. The summed E-state index contributed by atoms with van der Waals surface area (Å²) >= 11 is 0. The first-order valence-corrected chi connectivity index (χ1v) is 8.17. The third-order valence-corrected chi connectivity index (χ3v) is 3.45. The highest BCUT2D eigenvalue weighted by Gasteiger charge is 2.10. The number of nitrogens with one attached hydrogen (secondary N) is 2. The van der Waals surface area contributed by atoms with E-state index >= 15 is 0 Å². The zero-order valence-corrected chi connectivity index (χ0v) is 14.6. The second kappa shape index (κ2) is 11.2. The molecule has 0 spiro atoms. The van der Waals surface area contributed by atoms with Crippen LogP contribution in [-0.4, -0.2) is 56.7 Å². The molecule has 0 atom stereocenters. The Kier molecular flexibility index (Phi) is 9.11. The van der Waals surface area contributed by atoms with Crippen molar-refractivity contribution in [2.24, 2.45) is 0 Å². The number of methoxy groups -OCH3 is 1. The molecule has 7 heteroatoms. The van der Waals surface area contributed by atoms with Gasteiger partial charge in [0.15, 0.2) is 0 Å². The fourth-order valence-corrected chi connectivity index (χ4v) is 2.04. The van der Waals surface area contributed by atoms with E-state index in [0.29, 0.717) is 32.7 Å². The van der Waals surface area contributed by atoms with Crippen molar-refractivity contribution in [2.75, 3.05) is 39.9 Å². The van der Waals surface area contributed by atoms with Gasteiger partial charge < -0.3 is 25.0 Å². The molecule has 0 aliphatic heterocycles. The zero-order valence-electron chi connectivity index (χ0n) is 14.6. The Morgan fingerprint density at radius 2 is 1.67 bits per heavy atom. The minimum Gasteiger partial charge on any atom is -0.497 e. The standard InChI is InChI=1S/C17H27N3O4/c1-4-20(5-2)16(21)13-19-17(22)18-11-6-12-24-15-9-7-14(23-3)8-10-15/h7-10H,4-6,11-13H2,1-3H3,(H2,18,19,22). The summed E-state index contributed by atoms with van der Waals surface area (Å²) in [6, 6.07) is 6.97. The van der Waals surface area contributed by atoms with E-state index in [-0.39, 0.29) is 18.5 Å². The van der Waals surface area contributed by atoms with Gasteiger partial charge in [-0.3, -0.25) is 4.79 Å². The van der Waals surface area contributed by atoms with E-state index in [4.69, 9.17) is 9.47 Å². The van der Waals surface area contributed by atoms with Crippen LogP contribution in [0.5, 0.6) is 11.5 Å². The molecule has 24 heavy (non-hydrogen) atoms. The number of ether oxygens (including phenoxy) is 2. The van der Waals surface area contributed by atoms with E-state index in [1.165, 1.54) is 0 Å². The second-order valence-electron chi connectivity index (χ2n) is 5.05.